The van der Waals surface area contributed by atoms with Crippen LogP contribution in [0.3, 0.4) is 0 Å². The quantitative estimate of drug-likeness (QED) is 0.433. The van der Waals surface area contributed by atoms with Crippen LogP contribution in [-0.2, 0) is 19.4 Å². The summed E-state index contributed by atoms with van der Waals surface area (Å²) in [6, 6.07) is 7.38. The van der Waals surface area contributed by atoms with Crippen LogP contribution in [0.1, 0.15) is 40.8 Å². The van der Waals surface area contributed by atoms with Crippen molar-refractivity contribution in [2.45, 2.75) is 44.0 Å². The SMILES string of the molecule is CCn1c(C(=O)CSc2ccc(Cl)cc2)nc2c3c(sc2c1=O)CCCC3. The van der Waals surface area contributed by atoms with Gasteiger partial charge in [0.05, 0.1) is 11.3 Å². The van der Waals surface area contributed by atoms with E-state index in [1.54, 1.807) is 23.5 Å². The van der Waals surface area contributed by atoms with E-state index in [2.05, 4.69) is 0 Å². The Bertz CT molecular complexity index is 1070. The highest BCUT2D eigenvalue weighted by molar-refractivity contribution is 8.00. The number of halogens is 1. The molecule has 0 bridgehead atoms. The lowest BCUT2D eigenvalue weighted by Crippen LogP contribution is -2.27. The molecule has 1 aliphatic carbocycles. The number of nitrogens with zero attached hydrogens (tertiary/aromatic N) is 2. The van der Waals surface area contributed by atoms with E-state index in [4.69, 9.17) is 16.6 Å². The average Bonchev–Trinajstić information content (AvgIpc) is 3.06. The molecule has 0 spiro atoms. The van der Waals surface area contributed by atoms with Crippen LogP contribution in [0.4, 0.5) is 0 Å². The van der Waals surface area contributed by atoms with Crippen molar-refractivity contribution >= 4 is 50.7 Å². The smallest absolute Gasteiger partial charge is 0.271 e. The molecule has 0 saturated heterocycles. The molecule has 4 nitrogen and oxygen atoms in total. The molecule has 0 aliphatic heterocycles. The minimum atomic E-state index is -0.119. The second-order valence-corrected chi connectivity index (χ2v) is 9.13. The van der Waals surface area contributed by atoms with Crippen molar-refractivity contribution in [1.82, 2.24) is 9.55 Å². The number of rotatable bonds is 5. The standard InChI is InChI=1S/C20H19ClN2O2S2/c1-2-23-19(15(24)11-26-13-9-7-12(21)8-10-13)22-17-14-5-3-4-6-16(14)27-18(17)20(23)25/h7-10H,2-6,11H2,1H3. The molecule has 1 aliphatic rings. The molecule has 0 radical (unpaired) electrons. The van der Waals surface area contributed by atoms with Crippen LogP contribution < -0.4 is 5.56 Å². The summed E-state index contributed by atoms with van der Waals surface area (Å²) in [5.74, 6) is 0.403. The van der Waals surface area contributed by atoms with Crippen molar-refractivity contribution in [1.29, 1.82) is 0 Å². The number of benzene rings is 1. The molecule has 2 aromatic heterocycles. The number of ketones is 1. The van der Waals surface area contributed by atoms with Gasteiger partial charge < -0.3 is 0 Å². The molecule has 0 saturated carbocycles. The molecule has 140 valence electrons. The van der Waals surface area contributed by atoms with E-state index < -0.39 is 0 Å². The third-order valence-electron chi connectivity index (χ3n) is 4.81. The van der Waals surface area contributed by atoms with Gasteiger partial charge in [-0.2, -0.15) is 0 Å². The van der Waals surface area contributed by atoms with Gasteiger partial charge in [-0.3, -0.25) is 14.2 Å². The number of hydrogen-bond acceptors (Lipinski definition) is 5. The summed E-state index contributed by atoms with van der Waals surface area (Å²) >= 11 is 8.90. The Morgan fingerprint density at radius 3 is 2.74 bits per heavy atom. The maximum Gasteiger partial charge on any atom is 0.271 e. The number of aryl methyl sites for hydroxylation is 2. The number of aromatic nitrogens is 2. The fourth-order valence-corrected chi connectivity index (χ4v) is 5.61. The molecular weight excluding hydrogens is 400 g/mol. The first-order chi connectivity index (χ1) is 13.1. The molecule has 27 heavy (non-hydrogen) atoms. The van der Waals surface area contributed by atoms with Gasteiger partial charge in [0.15, 0.2) is 5.82 Å². The fraction of sp³-hybridized carbons (Fsp3) is 0.350. The molecule has 3 aromatic rings. The fourth-order valence-electron chi connectivity index (χ4n) is 3.45. The first-order valence-corrected chi connectivity index (χ1v) is 11.2. The van der Waals surface area contributed by atoms with E-state index in [1.165, 1.54) is 26.8 Å². The summed E-state index contributed by atoms with van der Waals surface area (Å²) in [5.41, 5.74) is 1.85. The number of fused-ring (bicyclic) bond motifs is 3. The molecule has 2 heterocycles. The second-order valence-electron chi connectivity index (χ2n) is 6.54. The normalized spacial score (nSPS) is 13.7. The summed E-state index contributed by atoms with van der Waals surface area (Å²) in [5, 5.41) is 0.667. The van der Waals surface area contributed by atoms with Gasteiger partial charge in [-0.05, 0) is 62.4 Å². The van der Waals surface area contributed by atoms with E-state index in [-0.39, 0.29) is 22.9 Å². The molecule has 7 heteroatoms. The number of thiophene rings is 1. The van der Waals surface area contributed by atoms with Crippen LogP contribution in [0.25, 0.3) is 10.2 Å². The molecule has 1 aromatic carbocycles. The van der Waals surface area contributed by atoms with Crippen molar-refractivity contribution in [3.63, 3.8) is 0 Å². The number of Topliss-reactive ketones (excluding diaryl/α,β-unsaturated/α-hetero) is 1. The van der Waals surface area contributed by atoms with Crippen LogP contribution in [0.2, 0.25) is 5.02 Å². The van der Waals surface area contributed by atoms with Crippen LogP contribution >= 0.6 is 34.7 Å². The molecule has 4 rings (SSSR count). The van der Waals surface area contributed by atoms with Crippen LogP contribution in [-0.4, -0.2) is 21.1 Å². The first-order valence-electron chi connectivity index (χ1n) is 9.05. The number of thioether (sulfide) groups is 1. The van der Waals surface area contributed by atoms with Gasteiger partial charge in [-0.25, -0.2) is 4.98 Å². The van der Waals surface area contributed by atoms with E-state index in [1.807, 2.05) is 19.1 Å². The monoisotopic (exact) mass is 418 g/mol. The Labute approximate surface area is 170 Å². The summed E-state index contributed by atoms with van der Waals surface area (Å²) in [6.07, 6.45) is 4.24. The van der Waals surface area contributed by atoms with Crippen LogP contribution in [0.15, 0.2) is 34.0 Å². The van der Waals surface area contributed by atoms with Crippen LogP contribution in [0, 0.1) is 0 Å². The summed E-state index contributed by atoms with van der Waals surface area (Å²) < 4.78 is 2.22. The Morgan fingerprint density at radius 1 is 1.26 bits per heavy atom. The molecule has 0 fully saturated rings. The molecule has 0 unspecified atom stereocenters. The number of carbonyl (C=O) groups excluding carboxylic acids is 1. The lowest BCUT2D eigenvalue weighted by molar-refractivity contribution is 0.100. The maximum absolute atomic E-state index is 13.0. The first kappa shape index (κ1) is 18.7. The predicted octanol–water partition coefficient (Wildman–Crippen LogP) is 4.99. The molecular formula is C20H19ClN2O2S2. The van der Waals surface area contributed by atoms with Gasteiger partial charge in [0.2, 0.25) is 5.78 Å². The minimum Gasteiger partial charge on any atom is -0.290 e. The predicted molar refractivity (Wildman–Crippen MR) is 113 cm³/mol. The van der Waals surface area contributed by atoms with Gasteiger partial charge in [-0.1, -0.05) is 11.6 Å². The van der Waals surface area contributed by atoms with Gasteiger partial charge in [0.25, 0.3) is 5.56 Å². The van der Waals surface area contributed by atoms with E-state index in [9.17, 15) is 9.59 Å². The Morgan fingerprint density at radius 2 is 2.00 bits per heavy atom. The highest BCUT2D eigenvalue weighted by Gasteiger charge is 2.23. The zero-order chi connectivity index (χ0) is 19.0. The van der Waals surface area contributed by atoms with E-state index in [0.29, 0.717) is 16.3 Å². The maximum atomic E-state index is 13.0. The van der Waals surface area contributed by atoms with Gasteiger partial charge >= 0.3 is 0 Å². The van der Waals surface area contributed by atoms with Crippen molar-refractivity contribution in [3.05, 3.63) is 55.9 Å². The van der Waals surface area contributed by atoms with E-state index >= 15 is 0 Å². The van der Waals surface area contributed by atoms with Crippen LogP contribution in [0.5, 0.6) is 0 Å². The van der Waals surface area contributed by atoms with Crippen molar-refractivity contribution in [2.75, 3.05) is 5.75 Å². The zero-order valence-corrected chi connectivity index (χ0v) is 17.3. The van der Waals surface area contributed by atoms with Crippen molar-refractivity contribution in [2.24, 2.45) is 0 Å². The lowest BCUT2D eigenvalue weighted by atomic mass is 9.98. The number of carbonyl (C=O) groups is 1. The average molecular weight is 419 g/mol. The van der Waals surface area contributed by atoms with Crippen molar-refractivity contribution in [3.8, 4) is 0 Å². The van der Waals surface area contributed by atoms with E-state index in [0.717, 1.165) is 36.1 Å². The summed E-state index contributed by atoms with van der Waals surface area (Å²) in [7, 11) is 0. The largest absolute Gasteiger partial charge is 0.290 e. The minimum absolute atomic E-state index is 0.0817. The van der Waals surface area contributed by atoms with Gasteiger partial charge in [0.1, 0.15) is 4.70 Å². The summed E-state index contributed by atoms with van der Waals surface area (Å²) in [4.78, 5) is 32.8. The molecule has 0 atom stereocenters. The molecule has 0 N–H and O–H groups in total. The topological polar surface area (TPSA) is 52.0 Å². The highest BCUT2D eigenvalue weighted by Crippen LogP contribution is 2.34. The Balaban J connectivity index is 1.70. The molecule has 0 amide bonds. The lowest BCUT2D eigenvalue weighted by Gasteiger charge is -2.12. The van der Waals surface area contributed by atoms with Gasteiger partial charge in [-0.15, -0.1) is 23.1 Å². The number of hydrogen-bond donors (Lipinski definition) is 0. The van der Waals surface area contributed by atoms with Gasteiger partial charge in [0, 0.05) is 21.3 Å². The second kappa shape index (κ2) is 7.78. The Kier molecular flexibility index (Phi) is 5.39. The third kappa shape index (κ3) is 3.58. The zero-order valence-electron chi connectivity index (χ0n) is 15.0. The Hall–Kier alpha value is -1.63. The summed E-state index contributed by atoms with van der Waals surface area (Å²) in [6.45, 7) is 2.32. The highest BCUT2D eigenvalue weighted by atomic mass is 35.5. The third-order valence-corrected chi connectivity index (χ3v) is 7.34. The van der Waals surface area contributed by atoms with Crippen molar-refractivity contribution < 1.29 is 4.79 Å².